The zero-order valence-corrected chi connectivity index (χ0v) is 13.7. The molecule has 0 spiro atoms. The summed E-state index contributed by atoms with van der Waals surface area (Å²) in [6, 6.07) is 21.1. The Kier molecular flexibility index (Phi) is 3.74. The van der Waals surface area contributed by atoms with Gasteiger partial charge in [-0.15, -0.1) is 0 Å². The van der Waals surface area contributed by atoms with Crippen LogP contribution in [0.2, 0.25) is 0 Å². The molecule has 0 amide bonds. The maximum atomic E-state index is 12.3. The van der Waals surface area contributed by atoms with Gasteiger partial charge in [-0.25, -0.2) is 9.98 Å². The van der Waals surface area contributed by atoms with E-state index in [0.717, 1.165) is 16.8 Å². The lowest BCUT2D eigenvalue weighted by molar-refractivity contribution is 0.893. The second-order valence-electron chi connectivity index (χ2n) is 5.77. The molecule has 1 N–H and O–H groups in total. The minimum Gasteiger partial charge on any atom is -0.287 e. The summed E-state index contributed by atoms with van der Waals surface area (Å²) < 4.78 is 1.44. The van der Waals surface area contributed by atoms with Crippen LogP contribution < -0.4 is 5.56 Å². The molecule has 0 bridgehead atoms. The Morgan fingerprint density at radius 2 is 1.72 bits per heavy atom. The normalized spacial score (nSPS) is 11.4. The maximum absolute atomic E-state index is 12.3. The molecule has 0 aliphatic carbocycles. The second kappa shape index (κ2) is 6.20. The van der Waals surface area contributed by atoms with E-state index in [4.69, 9.17) is 0 Å². The van der Waals surface area contributed by atoms with Crippen molar-refractivity contribution in [2.45, 2.75) is 6.92 Å². The van der Waals surface area contributed by atoms with Crippen LogP contribution in [0.3, 0.4) is 0 Å². The lowest BCUT2D eigenvalue weighted by atomic mass is 10.1. The third kappa shape index (κ3) is 2.87. The quantitative estimate of drug-likeness (QED) is 0.582. The maximum Gasteiger partial charge on any atom is 0.272 e. The van der Waals surface area contributed by atoms with E-state index in [1.54, 1.807) is 13.1 Å². The largest absolute Gasteiger partial charge is 0.287 e. The van der Waals surface area contributed by atoms with Crippen LogP contribution in [0.1, 0.15) is 11.3 Å². The van der Waals surface area contributed by atoms with Gasteiger partial charge in [0.1, 0.15) is 5.69 Å². The van der Waals surface area contributed by atoms with Crippen molar-refractivity contribution < 1.29 is 0 Å². The van der Waals surface area contributed by atoms with Gasteiger partial charge >= 0.3 is 0 Å². The molecule has 0 saturated heterocycles. The SMILES string of the molecule is Cc1cc(=O)n2[nH]c(-c3ccccc3)c(N=Cc3ccccc3)c2n1. The fourth-order valence-electron chi connectivity index (χ4n) is 2.75. The molecule has 2 aromatic carbocycles. The van der Waals surface area contributed by atoms with Crippen molar-refractivity contribution in [1.29, 1.82) is 0 Å². The molecule has 2 heterocycles. The number of fused-ring (bicyclic) bond motifs is 1. The smallest absolute Gasteiger partial charge is 0.272 e. The van der Waals surface area contributed by atoms with Crippen LogP contribution in [-0.2, 0) is 0 Å². The Balaban J connectivity index is 1.96. The number of aliphatic imine (C=N–C) groups is 1. The van der Waals surface area contributed by atoms with E-state index < -0.39 is 0 Å². The molecule has 4 aromatic rings. The van der Waals surface area contributed by atoms with Crippen molar-refractivity contribution in [3.05, 3.63) is 88.3 Å². The average molecular weight is 328 g/mol. The highest BCUT2D eigenvalue weighted by atomic mass is 16.1. The molecule has 4 rings (SSSR count). The monoisotopic (exact) mass is 328 g/mol. The highest BCUT2D eigenvalue weighted by Crippen LogP contribution is 2.31. The number of nitrogens with one attached hydrogen (secondary N) is 1. The lowest BCUT2D eigenvalue weighted by Gasteiger charge is -1.99. The molecule has 0 fully saturated rings. The van der Waals surface area contributed by atoms with E-state index >= 15 is 0 Å². The molecule has 25 heavy (non-hydrogen) atoms. The van der Waals surface area contributed by atoms with Gasteiger partial charge in [-0.2, -0.15) is 4.52 Å². The standard InChI is InChI=1S/C20H16N4O/c1-14-12-17(25)24-20(22-14)19(21-13-15-8-4-2-5-9-15)18(23-24)16-10-6-3-7-11-16/h2-13,23H,1H3. The summed E-state index contributed by atoms with van der Waals surface area (Å²) >= 11 is 0. The first kappa shape index (κ1) is 15.1. The first-order valence-corrected chi connectivity index (χ1v) is 7.99. The van der Waals surface area contributed by atoms with Crippen molar-refractivity contribution in [1.82, 2.24) is 14.6 Å². The lowest BCUT2D eigenvalue weighted by Crippen LogP contribution is -2.14. The molecule has 0 atom stereocenters. The van der Waals surface area contributed by atoms with Crippen LogP contribution in [0, 0.1) is 6.92 Å². The highest BCUT2D eigenvalue weighted by Gasteiger charge is 2.15. The molecule has 0 aliphatic heterocycles. The Labute approximate surface area is 144 Å². The van der Waals surface area contributed by atoms with E-state index in [2.05, 4.69) is 15.1 Å². The molecule has 0 unspecified atom stereocenters. The van der Waals surface area contributed by atoms with E-state index in [9.17, 15) is 4.79 Å². The number of nitrogens with zero attached hydrogens (tertiary/aromatic N) is 3. The summed E-state index contributed by atoms with van der Waals surface area (Å²) in [5.74, 6) is 0. The van der Waals surface area contributed by atoms with Gasteiger partial charge in [0.2, 0.25) is 0 Å². The average Bonchev–Trinajstić information content (AvgIpc) is 3.00. The van der Waals surface area contributed by atoms with Crippen LogP contribution in [0.15, 0.2) is 76.5 Å². The molecule has 122 valence electrons. The van der Waals surface area contributed by atoms with Crippen LogP contribution in [0.5, 0.6) is 0 Å². The molecule has 0 aliphatic rings. The highest BCUT2D eigenvalue weighted by molar-refractivity contribution is 5.89. The summed E-state index contributed by atoms with van der Waals surface area (Å²) in [4.78, 5) is 21.5. The van der Waals surface area contributed by atoms with Crippen LogP contribution in [0.4, 0.5) is 5.69 Å². The van der Waals surface area contributed by atoms with Crippen molar-refractivity contribution in [3.63, 3.8) is 0 Å². The summed E-state index contributed by atoms with van der Waals surface area (Å²) in [6.07, 6.45) is 1.78. The van der Waals surface area contributed by atoms with Crippen LogP contribution in [0.25, 0.3) is 16.9 Å². The Morgan fingerprint density at radius 3 is 2.44 bits per heavy atom. The Morgan fingerprint density at radius 1 is 1.04 bits per heavy atom. The van der Waals surface area contributed by atoms with E-state index in [0.29, 0.717) is 17.0 Å². The molecular weight excluding hydrogens is 312 g/mol. The van der Waals surface area contributed by atoms with Crippen LogP contribution in [-0.4, -0.2) is 20.8 Å². The van der Waals surface area contributed by atoms with Crippen molar-refractivity contribution in [2.24, 2.45) is 4.99 Å². The topological polar surface area (TPSA) is 62.5 Å². The van der Waals surface area contributed by atoms with Gasteiger partial charge in [0, 0.05) is 23.5 Å². The number of benzene rings is 2. The van der Waals surface area contributed by atoms with Gasteiger partial charge < -0.3 is 0 Å². The Bertz CT molecular complexity index is 1110. The third-order valence-corrected chi connectivity index (χ3v) is 3.92. The van der Waals surface area contributed by atoms with Crippen molar-refractivity contribution in [2.75, 3.05) is 0 Å². The zero-order valence-electron chi connectivity index (χ0n) is 13.7. The molecular formula is C20H16N4O. The number of H-pyrrole nitrogens is 1. The van der Waals surface area contributed by atoms with Gasteiger partial charge in [0.25, 0.3) is 5.56 Å². The van der Waals surface area contributed by atoms with E-state index in [1.807, 2.05) is 60.7 Å². The fraction of sp³-hybridized carbons (Fsp3) is 0.0500. The fourth-order valence-corrected chi connectivity index (χ4v) is 2.75. The number of aromatic nitrogens is 3. The van der Waals surface area contributed by atoms with Crippen LogP contribution >= 0.6 is 0 Å². The molecule has 5 nitrogen and oxygen atoms in total. The van der Waals surface area contributed by atoms with Gasteiger partial charge in [-0.3, -0.25) is 9.89 Å². The second-order valence-corrected chi connectivity index (χ2v) is 5.77. The number of hydrogen-bond acceptors (Lipinski definition) is 3. The van der Waals surface area contributed by atoms with Crippen molar-refractivity contribution >= 4 is 17.5 Å². The van der Waals surface area contributed by atoms with Gasteiger partial charge in [-0.05, 0) is 12.5 Å². The number of rotatable bonds is 3. The summed E-state index contributed by atoms with van der Waals surface area (Å²) in [5, 5.41) is 3.14. The van der Waals surface area contributed by atoms with Gasteiger partial charge in [0.15, 0.2) is 5.65 Å². The summed E-state index contributed by atoms with van der Waals surface area (Å²) in [5.41, 5.74) is 4.39. The molecule has 2 aromatic heterocycles. The van der Waals surface area contributed by atoms with Crippen molar-refractivity contribution in [3.8, 4) is 11.3 Å². The van der Waals surface area contributed by atoms with Gasteiger partial charge in [0.05, 0.1) is 5.69 Å². The predicted octanol–water partition coefficient (Wildman–Crippen LogP) is 3.75. The first-order chi connectivity index (χ1) is 12.2. The minimum atomic E-state index is -0.152. The summed E-state index contributed by atoms with van der Waals surface area (Å²) in [6.45, 7) is 1.81. The molecule has 5 heteroatoms. The molecule has 0 radical (unpaired) electrons. The Hall–Kier alpha value is -3.47. The zero-order chi connectivity index (χ0) is 17.2. The summed E-state index contributed by atoms with van der Waals surface area (Å²) in [7, 11) is 0. The number of aryl methyl sites for hydroxylation is 1. The van der Waals surface area contributed by atoms with E-state index in [1.165, 1.54) is 10.6 Å². The first-order valence-electron chi connectivity index (χ1n) is 7.99. The number of aromatic amines is 1. The third-order valence-electron chi connectivity index (χ3n) is 3.92. The van der Waals surface area contributed by atoms with Gasteiger partial charge in [-0.1, -0.05) is 60.7 Å². The minimum absolute atomic E-state index is 0.152. The molecule has 0 saturated carbocycles. The number of hydrogen-bond donors (Lipinski definition) is 1. The van der Waals surface area contributed by atoms with E-state index in [-0.39, 0.29) is 5.56 Å². The predicted molar refractivity (Wildman–Crippen MR) is 99.7 cm³/mol.